The second-order valence-electron chi connectivity index (χ2n) is 7.80. The summed E-state index contributed by atoms with van der Waals surface area (Å²) in [6.07, 6.45) is 5.01. The number of amides is 1. The predicted octanol–water partition coefficient (Wildman–Crippen LogP) is 3.27. The van der Waals surface area contributed by atoms with Gasteiger partial charge < -0.3 is 9.47 Å². The SMILES string of the molecule is Cc1ccc(OC2CCCC2)c(OC2(C(=O)NS(=O)(=O)c3cccc(F)n3)CC2)c1. The lowest BCUT2D eigenvalue weighted by Gasteiger charge is -2.22. The third-order valence-electron chi connectivity index (χ3n) is 5.31. The first-order valence-corrected chi connectivity index (χ1v) is 11.4. The number of sulfonamides is 1. The molecule has 7 nitrogen and oxygen atoms in total. The molecule has 2 fully saturated rings. The molecule has 2 aliphatic carbocycles. The molecule has 4 rings (SSSR count). The van der Waals surface area contributed by atoms with Gasteiger partial charge in [0.15, 0.2) is 22.1 Å². The Labute approximate surface area is 174 Å². The van der Waals surface area contributed by atoms with Gasteiger partial charge in [-0.15, -0.1) is 0 Å². The number of benzene rings is 1. The Bertz CT molecular complexity index is 1060. The molecule has 2 aromatic rings. The number of nitrogens with one attached hydrogen (secondary N) is 1. The van der Waals surface area contributed by atoms with Gasteiger partial charge in [0.2, 0.25) is 5.95 Å². The van der Waals surface area contributed by atoms with Crippen LogP contribution in [0.1, 0.15) is 44.1 Å². The van der Waals surface area contributed by atoms with Crippen LogP contribution in [0.4, 0.5) is 4.39 Å². The maximum Gasteiger partial charge on any atom is 0.281 e. The molecule has 2 aliphatic rings. The molecule has 0 atom stereocenters. The van der Waals surface area contributed by atoms with Crippen molar-refractivity contribution in [3.05, 3.63) is 47.9 Å². The minimum Gasteiger partial charge on any atom is -0.487 e. The first-order chi connectivity index (χ1) is 14.3. The van der Waals surface area contributed by atoms with Crippen LogP contribution in [0.25, 0.3) is 0 Å². The largest absolute Gasteiger partial charge is 0.487 e. The molecule has 0 spiro atoms. The summed E-state index contributed by atoms with van der Waals surface area (Å²) in [5.41, 5.74) is -0.376. The number of hydrogen-bond donors (Lipinski definition) is 1. The summed E-state index contributed by atoms with van der Waals surface area (Å²) in [5, 5.41) is -0.563. The maximum absolute atomic E-state index is 13.3. The number of hydrogen-bond acceptors (Lipinski definition) is 6. The van der Waals surface area contributed by atoms with E-state index in [9.17, 15) is 17.6 Å². The second-order valence-corrected chi connectivity index (χ2v) is 9.43. The monoisotopic (exact) mass is 434 g/mol. The van der Waals surface area contributed by atoms with Crippen molar-refractivity contribution < 1.29 is 27.1 Å². The van der Waals surface area contributed by atoms with E-state index in [1.807, 2.05) is 23.8 Å². The van der Waals surface area contributed by atoms with E-state index in [1.54, 1.807) is 6.07 Å². The van der Waals surface area contributed by atoms with Crippen molar-refractivity contribution in [3.63, 3.8) is 0 Å². The fourth-order valence-electron chi connectivity index (χ4n) is 3.48. The molecule has 9 heteroatoms. The molecule has 0 saturated heterocycles. The number of nitrogens with zero attached hydrogens (tertiary/aromatic N) is 1. The summed E-state index contributed by atoms with van der Waals surface area (Å²) in [4.78, 5) is 16.1. The molecule has 2 saturated carbocycles. The second kappa shape index (κ2) is 7.86. The number of aromatic nitrogens is 1. The van der Waals surface area contributed by atoms with Crippen molar-refractivity contribution >= 4 is 15.9 Å². The number of pyridine rings is 1. The van der Waals surface area contributed by atoms with Crippen molar-refractivity contribution in [2.24, 2.45) is 0 Å². The molecule has 160 valence electrons. The van der Waals surface area contributed by atoms with Crippen LogP contribution in [-0.2, 0) is 14.8 Å². The molecule has 0 unspecified atom stereocenters. The lowest BCUT2D eigenvalue weighted by atomic mass is 10.2. The normalized spacial score (nSPS) is 18.1. The van der Waals surface area contributed by atoms with E-state index in [0.717, 1.165) is 43.4 Å². The van der Waals surface area contributed by atoms with Gasteiger partial charge in [0.25, 0.3) is 15.9 Å². The zero-order valence-electron chi connectivity index (χ0n) is 16.6. The fraction of sp³-hybridized carbons (Fsp3) is 0.429. The van der Waals surface area contributed by atoms with Crippen molar-refractivity contribution in [3.8, 4) is 11.5 Å². The smallest absolute Gasteiger partial charge is 0.281 e. The first-order valence-electron chi connectivity index (χ1n) is 9.94. The van der Waals surface area contributed by atoms with Crippen molar-refractivity contribution in [1.29, 1.82) is 0 Å². The summed E-state index contributed by atoms with van der Waals surface area (Å²) in [7, 11) is -4.32. The summed E-state index contributed by atoms with van der Waals surface area (Å²) >= 11 is 0. The topological polar surface area (TPSA) is 94.6 Å². The van der Waals surface area contributed by atoms with Gasteiger partial charge in [0, 0.05) is 12.8 Å². The zero-order chi connectivity index (χ0) is 21.4. The molecule has 1 aromatic carbocycles. The van der Waals surface area contributed by atoms with Crippen LogP contribution in [0.15, 0.2) is 41.4 Å². The standard InChI is InChI=1S/C21H23FN2O5S/c1-14-9-10-16(28-15-5-2-3-6-15)17(13-14)29-21(11-12-21)20(25)24-30(26,27)19-8-4-7-18(22)23-19/h4,7-10,13,15H,2-3,5-6,11-12H2,1H3,(H,24,25). The number of carbonyl (C=O) groups is 1. The summed E-state index contributed by atoms with van der Waals surface area (Å²) in [6, 6.07) is 8.84. The molecule has 30 heavy (non-hydrogen) atoms. The predicted molar refractivity (Wildman–Crippen MR) is 106 cm³/mol. The Morgan fingerprint density at radius 2 is 1.90 bits per heavy atom. The van der Waals surface area contributed by atoms with Gasteiger partial charge >= 0.3 is 0 Å². The highest BCUT2D eigenvalue weighted by atomic mass is 32.2. The molecule has 0 radical (unpaired) electrons. The Hall–Kier alpha value is -2.68. The van der Waals surface area contributed by atoms with E-state index in [4.69, 9.17) is 9.47 Å². The van der Waals surface area contributed by atoms with Gasteiger partial charge in [-0.1, -0.05) is 12.1 Å². The Morgan fingerprint density at radius 3 is 2.57 bits per heavy atom. The molecule has 0 bridgehead atoms. The number of halogens is 1. The maximum atomic E-state index is 13.3. The van der Waals surface area contributed by atoms with Gasteiger partial charge in [-0.3, -0.25) is 4.79 Å². The number of rotatable bonds is 7. The Balaban J connectivity index is 1.52. The third kappa shape index (κ3) is 4.40. The molecule has 1 amide bonds. The highest BCUT2D eigenvalue weighted by Crippen LogP contribution is 2.44. The van der Waals surface area contributed by atoms with Crippen LogP contribution in [0.5, 0.6) is 11.5 Å². The van der Waals surface area contributed by atoms with Gasteiger partial charge in [0.05, 0.1) is 6.10 Å². The van der Waals surface area contributed by atoms with E-state index in [2.05, 4.69) is 4.98 Å². The summed E-state index contributed by atoms with van der Waals surface area (Å²) < 4.78 is 52.2. The molecular formula is C21H23FN2O5S. The Kier molecular flexibility index (Phi) is 5.40. The van der Waals surface area contributed by atoms with Crippen molar-refractivity contribution in [2.45, 2.75) is 62.2 Å². The summed E-state index contributed by atoms with van der Waals surface area (Å²) in [5.74, 6) is -0.796. The highest BCUT2D eigenvalue weighted by molar-refractivity contribution is 7.90. The van der Waals surface area contributed by atoms with Gasteiger partial charge in [-0.05, 0) is 62.4 Å². The average molecular weight is 434 g/mol. The fourth-order valence-corrected chi connectivity index (χ4v) is 4.48. The van der Waals surface area contributed by atoms with Crippen LogP contribution >= 0.6 is 0 Å². The highest BCUT2D eigenvalue weighted by Gasteiger charge is 2.54. The molecule has 1 heterocycles. The molecule has 1 aromatic heterocycles. The van der Waals surface area contributed by atoms with Gasteiger partial charge in [-0.2, -0.15) is 12.8 Å². The van der Waals surface area contributed by atoms with E-state index in [-0.39, 0.29) is 6.10 Å². The quantitative estimate of drug-likeness (QED) is 0.672. The van der Waals surface area contributed by atoms with Gasteiger partial charge in [0.1, 0.15) is 0 Å². The van der Waals surface area contributed by atoms with E-state index >= 15 is 0 Å². The van der Waals surface area contributed by atoms with Crippen LogP contribution in [-0.4, -0.2) is 31.0 Å². The molecule has 1 N–H and O–H groups in total. The minimum atomic E-state index is -4.32. The molecule has 0 aliphatic heterocycles. The number of aryl methyl sites for hydroxylation is 1. The lowest BCUT2D eigenvalue weighted by molar-refractivity contribution is -0.128. The lowest BCUT2D eigenvalue weighted by Crippen LogP contribution is -2.43. The number of carbonyl (C=O) groups excluding carboxylic acids is 1. The average Bonchev–Trinajstić information content (AvgIpc) is 3.29. The zero-order valence-corrected chi connectivity index (χ0v) is 17.4. The van der Waals surface area contributed by atoms with Crippen molar-refractivity contribution in [2.75, 3.05) is 0 Å². The third-order valence-corrected chi connectivity index (χ3v) is 6.54. The Morgan fingerprint density at radius 1 is 1.17 bits per heavy atom. The summed E-state index contributed by atoms with van der Waals surface area (Å²) in [6.45, 7) is 1.89. The minimum absolute atomic E-state index is 0.110. The van der Waals surface area contributed by atoms with Crippen molar-refractivity contribution in [1.82, 2.24) is 9.71 Å². The van der Waals surface area contributed by atoms with E-state index < -0.39 is 32.5 Å². The van der Waals surface area contributed by atoms with Crippen LogP contribution in [0, 0.1) is 12.9 Å². The first kappa shape index (κ1) is 20.6. The van der Waals surface area contributed by atoms with E-state index in [1.165, 1.54) is 6.07 Å². The van der Waals surface area contributed by atoms with Crippen LogP contribution < -0.4 is 14.2 Å². The van der Waals surface area contributed by atoms with E-state index in [0.29, 0.717) is 24.3 Å². The van der Waals surface area contributed by atoms with Crippen LogP contribution in [0.2, 0.25) is 0 Å². The number of ether oxygens (including phenoxy) is 2. The van der Waals surface area contributed by atoms with Crippen LogP contribution in [0.3, 0.4) is 0 Å². The van der Waals surface area contributed by atoms with Gasteiger partial charge in [-0.25, -0.2) is 9.71 Å². The molecular weight excluding hydrogens is 411 g/mol.